The summed E-state index contributed by atoms with van der Waals surface area (Å²) in [6, 6.07) is 17.6. The summed E-state index contributed by atoms with van der Waals surface area (Å²) >= 11 is 6.20. The molecule has 3 amide bonds. The molecule has 1 heterocycles. The van der Waals surface area contributed by atoms with Gasteiger partial charge in [-0.2, -0.15) is 0 Å². The Bertz CT molecular complexity index is 1230. The lowest BCUT2D eigenvalue weighted by atomic mass is 10.2. The lowest BCUT2D eigenvalue weighted by Crippen LogP contribution is -2.34. The SMILES string of the molecule is O=C(NC(=O)c1ccc2c(c1)OCCO2)Nc1ccc(OCC(=O)OCc2ccccc2)c(Cl)c1. The Balaban J connectivity index is 1.26. The number of imide groups is 1. The first-order chi connectivity index (χ1) is 17.0. The molecule has 0 fully saturated rings. The summed E-state index contributed by atoms with van der Waals surface area (Å²) in [4.78, 5) is 36.5. The van der Waals surface area contributed by atoms with E-state index in [-0.39, 0.29) is 29.5 Å². The van der Waals surface area contributed by atoms with Crippen LogP contribution in [0.5, 0.6) is 17.2 Å². The van der Waals surface area contributed by atoms with Crippen molar-refractivity contribution in [2.24, 2.45) is 0 Å². The van der Waals surface area contributed by atoms with Gasteiger partial charge >= 0.3 is 12.0 Å². The van der Waals surface area contributed by atoms with Gasteiger partial charge in [-0.05, 0) is 42.0 Å². The van der Waals surface area contributed by atoms with Crippen LogP contribution in [0.4, 0.5) is 10.5 Å². The van der Waals surface area contributed by atoms with Gasteiger partial charge in [0.2, 0.25) is 0 Å². The Morgan fingerprint density at radius 2 is 1.69 bits per heavy atom. The topological polar surface area (TPSA) is 112 Å². The lowest BCUT2D eigenvalue weighted by Gasteiger charge is -2.18. The number of rotatable bonds is 7. The van der Waals surface area contributed by atoms with Crippen LogP contribution < -0.4 is 24.8 Å². The molecular formula is C25H21ClN2O7. The number of fused-ring (bicyclic) bond motifs is 1. The van der Waals surface area contributed by atoms with Gasteiger partial charge in [0.05, 0.1) is 5.02 Å². The molecule has 0 saturated carbocycles. The van der Waals surface area contributed by atoms with Crippen LogP contribution in [0.25, 0.3) is 0 Å². The molecule has 0 bridgehead atoms. The zero-order valence-corrected chi connectivity index (χ0v) is 19.2. The molecule has 0 atom stereocenters. The number of hydrogen-bond donors (Lipinski definition) is 2. The zero-order valence-electron chi connectivity index (χ0n) is 18.4. The molecule has 0 saturated heterocycles. The summed E-state index contributed by atoms with van der Waals surface area (Å²) in [5, 5.41) is 4.91. The van der Waals surface area contributed by atoms with Gasteiger partial charge in [0.15, 0.2) is 18.1 Å². The van der Waals surface area contributed by atoms with Crippen molar-refractivity contribution < 1.29 is 33.3 Å². The van der Waals surface area contributed by atoms with Crippen LogP contribution in [0.2, 0.25) is 5.02 Å². The van der Waals surface area contributed by atoms with Crippen molar-refractivity contribution in [3.63, 3.8) is 0 Å². The van der Waals surface area contributed by atoms with Crippen LogP contribution in [-0.4, -0.2) is 37.7 Å². The largest absolute Gasteiger partial charge is 0.486 e. The number of nitrogens with one attached hydrogen (secondary N) is 2. The number of anilines is 1. The molecule has 2 N–H and O–H groups in total. The molecule has 9 nitrogen and oxygen atoms in total. The predicted octanol–water partition coefficient (Wildman–Crippen LogP) is 4.20. The number of esters is 1. The van der Waals surface area contributed by atoms with E-state index in [4.69, 9.17) is 30.5 Å². The maximum atomic E-state index is 12.4. The molecule has 1 aliphatic heterocycles. The van der Waals surface area contributed by atoms with Crippen LogP contribution in [0.15, 0.2) is 66.7 Å². The summed E-state index contributed by atoms with van der Waals surface area (Å²) in [6.45, 7) is 0.628. The Labute approximate surface area is 205 Å². The summed E-state index contributed by atoms with van der Waals surface area (Å²) in [6.07, 6.45) is 0. The van der Waals surface area contributed by atoms with Crippen molar-refractivity contribution in [2.75, 3.05) is 25.1 Å². The average Bonchev–Trinajstić information content (AvgIpc) is 2.87. The zero-order chi connectivity index (χ0) is 24.6. The van der Waals surface area contributed by atoms with Gasteiger partial charge in [0, 0.05) is 11.3 Å². The Morgan fingerprint density at radius 3 is 2.46 bits per heavy atom. The molecule has 10 heteroatoms. The number of halogens is 1. The van der Waals surface area contributed by atoms with E-state index in [2.05, 4.69) is 10.6 Å². The highest BCUT2D eigenvalue weighted by atomic mass is 35.5. The smallest absolute Gasteiger partial charge is 0.344 e. The first-order valence-electron chi connectivity index (χ1n) is 10.6. The fourth-order valence-corrected chi connectivity index (χ4v) is 3.37. The number of carbonyl (C=O) groups excluding carboxylic acids is 3. The number of amides is 3. The van der Waals surface area contributed by atoms with E-state index in [1.807, 2.05) is 30.3 Å². The number of hydrogen-bond acceptors (Lipinski definition) is 7. The minimum absolute atomic E-state index is 0.139. The van der Waals surface area contributed by atoms with E-state index in [1.165, 1.54) is 30.3 Å². The highest BCUT2D eigenvalue weighted by Gasteiger charge is 2.17. The third-order valence-corrected chi connectivity index (χ3v) is 5.10. The fraction of sp³-hybridized carbons (Fsp3) is 0.160. The highest BCUT2D eigenvalue weighted by Crippen LogP contribution is 2.31. The minimum atomic E-state index is -0.751. The van der Waals surface area contributed by atoms with Crippen molar-refractivity contribution in [1.82, 2.24) is 5.32 Å². The molecule has 4 rings (SSSR count). The van der Waals surface area contributed by atoms with Crippen LogP contribution in [0, 0.1) is 0 Å². The van der Waals surface area contributed by atoms with Crippen molar-refractivity contribution in [2.45, 2.75) is 6.61 Å². The lowest BCUT2D eigenvalue weighted by molar-refractivity contribution is -0.147. The maximum absolute atomic E-state index is 12.4. The molecular weight excluding hydrogens is 476 g/mol. The molecule has 0 aliphatic carbocycles. The minimum Gasteiger partial charge on any atom is -0.486 e. The van der Waals surface area contributed by atoms with Gasteiger partial charge < -0.3 is 24.3 Å². The van der Waals surface area contributed by atoms with E-state index >= 15 is 0 Å². The standard InChI is InChI=1S/C25H21ClN2O7/c26-19-13-18(7-9-20(19)34-15-23(29)35-14-16-4-2-1-3-5-16)27-25(31)28-24(30)17-6-8-21-22(12-17)33-11-10-32-21/h1-9,12-13H,10-11,14-15H2,(H2,27,28,30,31). The Kier molecular flexibility index (Phi) is 7.69. The van der Waals surface area contributed by atoms with Gasteiger partial charge in [-0.25, -0.2) is 9.59 Å². The van der Waals surface area contributed by atoms with Gasteiger partial charge in [-0.1, -0.05) is 41.9 Å². The van der Waals surface area contributed by atoms with E-state index in [1.54, 1.807) is 6.07 Å². The van der Waals surface area contributed by atoms with Crippen molar-refractivity contribution in [3.05, 3.63) is 82.9 Å². The van der Waals surface area contributed by atoms with Crippen molar-refractivity contribution in [1.29, 1.82) is 0 Å². The monoisotopic (exact) mass is 496 g/mol. The number of benzene rings is 3. The molecule has 3 aromatic rings. The van der Waals surface area contributed by atoms with E-state index in [9.17, 15) is 14.4 Å². The second-order valence-electron chi connectivity index (χ2n) is 7.35. The molecule has 180 valence electrons. The molecule has 0 radical (unpaired) electrons. The highest BCUT2D eigenvalue weighted by molar-refractivity contribution is 6.32. The average molecular weight is 497 g/mol. The van der Waals surface area contributed by atoms with Crippen molar-refractivity contribution in [3.8, 4) is 17.2 Å². The summed E-state index contributed by atoms with van der Waals surface area (Å²) in [5.41, 5.74) is 1.42. The van der Waals surface area contributed by atoms with Crippen LogP contribution >= 0.6 is 11.6 Å². The third-order valence-electron chi connectivity index (χ3n) is 4.81. The first-order valence-corrected chi connectivity index (χ1v) is 11.0. The van der Waals surface area contributed by atoms with Crippen LogP contribution in [0.1, 0.15) is 15.9 Å². The number of carbonyl (C=O) groups is 3. The van der Waals surface area contributed by atoms with Gasteiger partial charge in [-0.15, -0.1) is 0 Å². The Hall–Kier alpha value is -4.24. The van der Waals surface area contributed by atoms with E-state index in [0.29, 0.717) is 30.4 Å². The molecule has 1 aliphatic rings. The molecule has 0 spiro atoms. The van der Waals surface area contributed by atoms with E-state index in [0.717, 1.165) is 5.56 Å². The van der Waals surface area contributed by atoms with Crippen LogP contribution in [0.3, 0.4) is 0 Å². The number of urea groups is 1. The number of ether oxygens (including phenoxy) is 4. The predicted molar refractivity (Wildman–Crippen MR) is 127 cm³/mol. The second kappa shape index (κ2) is 11.3. The van der Waals surface area contributed by atoms with Crippen LogP contribution in [-0.2, 0) is 16.1 Å². The van der Waals surface area contributed by atoms with E-state index < -0.39 is 17.9 Å². The molecule has 0 aromatic heterocycles. The Morgan fingerprint density at radius 1 is 0.914 bits per heavy atom. The quantitative estimate of drug-likeness (QED) is 0.471. The molecule has 35 heavy (non-hydrogen) atoms. The third kappa shape index (κ3) is 6.64. The fourth-order valence-electron chi connectivity index (χ4n) is 3.13. The summed E-state index contributed by atoms with van der Waals surface area (Å²) in [5.74, 6) is 0.0552. The maximum Gasteiger partial charge on any atom is 0.344 e. The van der Waals surface area contributed by atoms with Gasteiger partial charge in [0.1, 0.15) is 25.6 Å². The first kappa shape index (κ1) is 23.9. The van der Waals surface area contributed by atoms with Crippen molar-refractivity contribution >= 4 is 35.2 Å². The summed E-state index contributed by atoms with van der Waals surface area (Å²) < 4.78 is 21.4. The molecule has 3 aromatic carbocycles. The molecule has 0 unspecified atom stereocenters. The second-order valence-corrected chi connectivity index (χ2v) is 7.75. The summed E-state index contributed by atoms with van der Waals surface area (Å²) in [7, 11) is 0. The normalized spacial score (nSPS) is 11.8. The van der Waals surface area contributed by atoms with Gasteiger partial charge in [0.25, 0.3) is 5.91 Å². The van der Waals surface area contributed by atoms with Gasteiger partial charge in [-0.3, -0.25) is 10.1 Å².